The van der Waals surface area contributed by atoms with E-state index in [0.717, 1.165) is 0 Å². The Morgan fingerprint density at radius 2 is 1.79 bits per heavy atom. The van der Waals surface area contributed by atoms with Crippen molar-refractivity contribution >= 4 is 34.8 Å². The predicted molar refractivity (Wildman–Crippen MR) is 102 cm³/mol. The van der Waals surface area contributed by atoms with E-state index in [1.54, 1.807) is 4.90 Å². The largest absolute Gasteiger partial charge is 0.339 e. The Labute approximate surface area is 165 Å². The number of nitro benzene ring substituents is 1. The first-order valence-electron chi connectivity index (χ1n) is 8.65. The minimum Gasteiger partial charge on any atom is -0.339 e. The van der Waals surface area contributed by atoms with Gasteiger partial charge in [-0.05, 0) is 49.2 Å². The molecular weight excluding hydrogens is 389 g/mol. The molecule has 0 atom stereocenters. The molecular formula is C19H17ClFN3O4. The molecule has 1 aliphatic heterocycles. The number of carbonyl (C=O) groups is 2. The fourth-order valence-corrected chi connectivity index (χ4v) is 3.28. The molecule has 0 unspecified atom stereocenters. The minimum atomic E-state index is -0.614. The third-order valence-corrected chi connectivity index (χ3v) is 4.97. The lowest BCUT2D eigenvalue weighted by atomic mass is 9.95. The van der Waals surface area contributed by atoms with Crippen molar-refractivity contribution < 1.29 is 18.9 Å². The lowest BCUT2D eigenvalue weighted by molar-refractivity contribution is -0.384. The van der Waals surface area contributed by atoms with Gasteiger partial charge in [0.15, 0.2) is 0 Å². The third-order valence-electron chi connectivity index (χ3n) is 4.65. The number of benzene rings is 2. The van der Waals surface area contributed by atoms with Crippen LogP contribution in [-0.4, -0.2) is 34.7 Å². The average Bonchev–Trinajstić information content (AvgIpc) is 2.69. The van der Waals surface area contributed by atoms with Crippen LogP contribution in [0.1, 0.15) is 23.2 Å². The molecule has 2 amide bonds. The molecule has 2 aromatic carbocycles. The maximum absolute atomic E-state index is 13.0. The lowest BCUT2D eigenvalue weighted by Crippen LogP contribution is -2.41. The standard InChI is InChI=1S/C19H17ClFN3O4/c20-16-6-5-15(11-17(16)24(27)28)22-18(25)12-7-9-23(10-8-12)19(26)13-1-3-14(21)4-2-13/h1-6,11-12H,7-10H2,(H,22,25). The molecule has 0 bridgehead atoms. The zero-order chi connectivity index (χ0) is 20.3. The second-order valence-electron chi connectivity index (χ2n) is 6.49. The fraction of sp³-hybridized carbons (Fsp3) is 0.263. The van der Waals surface area contributed by atoms with Gasteiger partial charge in [0.05, 0.1) is 4.92 Å². The predicted octanol–water partition coefficient (Wildman–Crippen LogP) is 3.88. The second kappa shape index (κ2) is 8.35. The zero-order valence-corrected chi connectivity index (χ0v) is 15.5. The number of piperidine rings is 1. The fourth-order valence-electron chi connectivity index (χ4n) is 3.09. The first-order valence-corrected chi connectivity index (χ1v) is 9.02. The number of carbonyl (C=O) groups excluding carboxylic acids is 2. The van der Waals surface area contributed by atoms with Gasteiger partial charge in [0.2, 0.25) is 5.91 Å². The highest BCUT2D eigenvalue weighted by molar-refractivity contribution is 6.32. The molecule has 2 aromatic rings. The summed E-state index contributed by atoms with van der Waals surface area (Å²) < 4.78 is 13.0. The van der Waals surface area contributed by atoms with Gasteiger partial charge in [-0.25, -0.2) is 4.39 Å². The summed E-state index contributed by atoms with van der Waals surface area (Å²) in [4.78, 5) is 36.9. The van der Waals surface area contributed by atoms with E-state index in [1.807, 2.05) is 0 Å². The van der Waals surface area contributed by atoms with Crippen LogP contribution >= 0.6 is 11.6 Å². The van der Waals surface area contributed by atoms with Crippen molar-refractivity contribution in [1.82, 2.24) is 4.90 Å². The Balaban J connectivity index is 1.58. The summed E-state index contributed by atoms with van der Waals surface area (Å²) in [5.41, 5.74) is 0.419. The number of hydrogen-bond donors (Lipinski definition) is 1. The van der Waals surface area contributed by atoms with Crippen molar-refractivity contribution in [3.05, 3.63) is 69.0 Å². The van der Waals surface area contributed by atoms with Crippen LogP contribution in [-0.2, 0) is 4.79 Å². The number of nitrogens with one attached hydrogen (secondary N) is 1. The monoisotopic (exact) mass is 405 g/mol. The molecule has 0 radical (unpaired) electrons. The van der Waals surface area contributed by atoms with Crippen LogP contribution in [0.15, 0.2) is 42.5 Å². The van der Waals surface area contributed by atoms with E-state index in [0.29, 0.717) is 37.2 Å². The number of likely N-dealkylation sites (tertiary alicyclic amines) is 1. The van der Waals surface area contributed by atoms with Crippen LogP contribution in [0.2, 0.25) is 5.02 Å². The SMILES string of the molecule is O=C(Nc1ccc(Cl)c([N+](=O)[O-])c1)C1CCN(C(=O)c2ccc(F)cc2)CC1. The van der Waals surface area contributed by atoms with E-state index in [4.69, 9.17) is 11.6 Å². The molecule has 0 spiro atoms. The van der Waals surface area contributed by atoms with Crippen LogP contribution in [0.4, 0.5) is 15.8 Å². The molecule has 0 saturated carbocycles. The molecule has 146 valence electrons. The number of nitro groups is 1. The van der Waals surface area contributed by atoms with Crippen LogP contribution in [0, 0.1) is 21.8 Å². The topological polar surface area (TPSA) is 92.5 Å². The Hall–Kier alpha value is -3.00. The molecule has 1 N–H and O–H groups in total. The Morgan fingerprint density at radius 1 is 1.14 bits per heavy atom. The molecule has 1 aliphatic rings. The summed E-state index contributed by atoms with van der Waals surface area (Å²) in [6.07, 6.45) is 0.933. The first kappa shape index (κ1) is 19.8. The van der Waals surface area contributed by atoms with Gasteiger partial charge in [0, 0.05) is 36.3 Å². The van der Waals surface area contributed by atoms with E-state index < -0.39 is 10.7 Å². The molecule has 0 aromatic heterocycles. The van der Waals surface area contributed by atoms with Crippen molar-refractivity contribution in [3.8, 4) is 0 Å². The van der Waals surface area contributed by atoms with Gasteiger partial charge in [-0.3, -0.25) is 19.7 Å². The smallest absolute Gasteiger partial charge is 0.289 e. The van der Waals surface area contributed by atoms with Crippen LogP contribution in [0.25, 0.3) is 0 Å². The molecule has 28 heavy (non-hydrogen) atoms. The summed E-state index contributed by atoms with van der Waals surface area (Å²) in [7, 11) is 0. The quantitative estimate of drug-likeness (QED) is 0.617. The number of halogens is 2. The summed E-state index contributed by atoms with van der Waals surface area (Å²) in [5.74, 6) is -1.18. The minimum absolute atomic E-state index is 0.00406. The number of amides is 2. The Kier molecular flexibility index (Phi) is 5.89. The molecule has 9 heteroatoms. The molecule has 3 rings (SSSR count). The summed E-state index contributed by atoms with van der Waals surface area (Å²) >= 11 is 5.77. The van der Waals surface area contributed by atoms with E-state index in [9.17, 15) is 24.1 Å². The van der Waals surface area contributed by atoms with Crippen molar-refractivity contribution in [1.29, 1.82) is 0 Å². The Morgan fingerprint density at radius 3 is 2.39 bits per heavy atom. The lowest BCUT2D eigenvalue weighted by Gasteiger charge is -2.31. The first-order chi connectivity index (χ1) is 13.3. The van der Waals surface area contributed by atoms with E-state index in [1.165, 1.54) is 42.5 Å². The van der Waals surface area contributed by atoms with Gasteiger partial charge >= 0.3 is 0 Å². The van der Waals surface area contributed by atoms with Crippen molar-refractivity contribution in [2.45, 2.75) is 12.8 Å². The molecule has 0 aliphatic carbocycles. The molecule has 1 saturated heterocycles. The van der Waals surface area contributed by atoms with Gasteiger partial charge < -0.3 is 10.2 Å². The third kappa shape index (κ3) is 4.45. The van der Waals surface area contributed by atoms with Crippen LogP contribution < -0.4 is 5.32 Å². The average molecular weight is 406 g/mol. The van der Waals surface area contributed by atoms with E-state index in [-0.39, 0.29) is 28.4 Å². The van der Waals surface area contributed by atoms with Crippen molar-refractivity contribution in [3.63, 3.8) is 0 Å². The summed E-state index contributed by atoms with van der Waals surface area (Å²) in [6, 6.07) is 9.42. The van der Waals surface area contributed by atoms with Crippen molar-refractivity contribution in [2.24, 2.45) is 5.92 Å². The van der Waals surface area contributed by atoms with Gasteiger partial charge in [0.25, 0.3) is 11.6 Å². The maximum Gasteiger partial charge on any atom is 0.289 e. The normalized spacial score (nSPS) is 14.6. The number of anilines is 1. The van der Waals surface area contributed by atoms with Gasteiger partial charge in [-0.15, -0.1) is 0 Å². The number of rotatable bonds is 4. The van der Waals surface area contributed by atoms with Gasteiger partial charge in [-0.1, -0.05) is 11.6 Å². The van der Waals surface area contributed by atoms with Crippen LogP contribution in [0.5, 0.6) is 0 Å². The highest BCUT2D eigenvalue weighted by Gasteiger charge is 2.28. The number of nitrogens with zero attached hydrogens (tertiary/aromatic N) is 2. The molecule has 1 fully saturated rings. The second-order valence-corrected chi connectivity index (χ2v) is 6.89. The van der Waals surface area contributed by atoms with Crippen LogP contribution in [0.3, 0.4) is 0 Å². The summed E-state index contributed by atoms with van der Waals surface area (Å²) in [5, 5.41) is 13.6. The maximum atomic E-state index is 13.0. The Bertz CT molecular complexity index is 912. The van der Waals surface area contributed by atoms with Gasteiger partial charge in [0.1, 0.15) is 10.8 Å². The number of hydrogen-bond acceptors (Lipinski definition) is 4. The molecule has 7 nitrogen and oxygen atoms in total. The highest BCUT2D eigenvalue weighted by Crippen LogP contribution is 2.28. The highest BCUT2D eigenvalue weighted by atomic mass is 35.5. The van der Waals surface area contributed by atoms with E-state index >= 15 is 0 Å². The van der Waals surface area contributed by atoms with Gasteiger partial charge in [-0.2, -0.15) is 0 Å². The summed E-state index contributed by atoms with van der Waals surface area (Å²) in [6.45, 7) is 0.796. The molecule has 1 heterocycles. The zero-order valence-electron chi connectivity index (χ0n) is 14.7. The van der Waals surface area contributed by atoms with E-state index in [2.05, 4.69) is 5.32 Å². The van der Waals surface area contributed by atoms with Crippen molar-refractivity contribution in [2.75, 3.05) is 18.4 Å².